The molecular formula is C26H35F2N5O3. The number of aromatic nitrogens is 2. The standard InChI is InChI=1S/C26H35F2N5O3/c1-17(2)29-25-26(31-21-10-13-33(16-22(21)30-25)24(34)5-4-14-35-3)32-11-8-19(9-12-32)36-23-7-6-18(27)15-20(23)28/h6-7,15,17,19H,4-5,8-14,16H2,1-3H3,(H,29,30). The van der Waals surface area contributed by atoms with Gasteiger partial charge < -0.3 is 24.6 Å². The van der Waals surface area contributed by atoms with E-state index < -0.39 is 11.6 Å². The van der Waals surface area contributed by atoms with E-state index in [-0.39, 0.29) is 23.8 Å². The normalized spacial score (nSPS) is 16.3. The number of benzene rings is 1. The average molecular weight is 504 g/mol. The number of carbonyl (C=O) groups is 1. The van der Waals surface area contributed by atoms with Gasteiger partial charge in [0.25, 0.3) is 0 Å². The molecule has 0 atom stereocenters. The van der Waals surface area contributed by atoms with Gasteiger partial charge in [0.1, 0.15) is 11.9 Å². The van der Waals surface area contributed by atoms with E-state index in [1.807, 2.05) is 18.7 Å². The number of hydrogen-bond donors (Lipinski definition) is 1. The topological polar surface area (TPSA) is 79.8 Å². The summed E-state index contributed by atoms with van der Waals surface area (Å²) >= 11 is 0. The summed E-state index contributed by atoms with van der Waals surface area (Å²) in [6.45, 7) is 7.11. The molecule has 1 aromatic carbocycles. The summed E-state index contributed by atoms with van der Waals surface area (Å²) in [5, 5.41) is 3.42. The molecule has 3 heterocycles. The van der Waals surface area contributed by atoms with Crippen molar-refractivity contribution in [1.29, 1.82) is 0 Å². The molecule has 0 aliphatic carbocycles. The number of amides is 1. The highest BCUT2D eigenvalue weighted by atomic mass is 19.1. The molecule has 2 aromatic rings. The van der Waals surface area contributed by atoms with Crippen LogP contribution in [-0.4, -0.2) is 66.3 Å². The van der Waals surface area contributed by atoms with E-state index in [9.17, 15) is 13.6 Å². The van der Waals surface area contributed by atoms with Crippen molar-refractivity contribution in [2.45, 2.75) is 64.6 Å². The van der Waals surface area contributed by atoms with Gasteiger partial charge in [0.2, 0.25) is 5.91 Å². The summed E-state index contributed by atoms with van der Waals surface area (Å²) in [4.78, 5) is 26.5. The number of piperidine rings is 1. The number of nitrogens with one attached hydrogen (secondary N) is 1. The predicted molar refractivity (Wildman–Crippen MR) is 133 cm³/mol. The maximum Gasteiger partial charge on any atom is 0.223 e. The molecule has 0 saturated carbocycles. The number of anilines is 2. The quantitative estimate of drug-likeness (QED) is 0.520. The predicted octanol–water partition coefficient (Wildman–Crippen LogP) is 3.93. The van der Waals surface area contributed by atoms with Gasteiger partial charge in [0.15, 0.2) is 23.2 Å². The molecule has 1 aromatic heterocycles. The Morgan fingerprint density at radius 1 is 1.17 bits per heavy atom. The van der Waals surface area contributed by atoms with Crippen LogP contribution in [0, 0.1) is 11.6 Å². The molecule has 4 rings (SSSR count). The second-order valence-corrected chi connectivity index (χ2v) is 9.63. The molecule has 1 saturated heterocycles. The van der Waals surface area contributed by atoms with Crippen molar-refractivity contribution in [2.24, 2.45) is 0 Å². The summed E-state index contributed by atoms with van der Waals surface area (Å²) < 4.78 is 38.1. The summed E-state index contributed by atoms with van der Waals surface area (Å²) in [5.74, 6) is 0.390. The Bertz CT molecular complexity index is 1060. The number of ether oxygens (including phenoxy) is 2. The van der Waals surface area contributed by atoms with Crippen LogP contribution < -0.4 is 15.0 Å². The van der Waals surface area contributed by atoms with Crippen molar-refractivity contribution < 1.29 is 23.0 Å². The first-order valence-corrected chi connectivity index (χ1v) is 12.6. The van der Waals surface area contributed by atoms with Crippen molar-refractivity contribution in [3.05, 3.63) is 41.2 Å². The zero-order valence-corrected chi connectivity index (χ0v) is 21.2. The van der Waals surface area contributed by atoms with Crippen LogP contribution in [0.4, 0.5) is 20.4 Å². The van der Waals surface area contributed by atoms with Crippen molar-refractivity contribution in [1.82, 2.24) is 14.9 Å². The van der Waals surface area contributed by atoms with Crippen molar-refractivity contribution in [3.63, 3.8) is 0 Å². The summed E-state index contributed by atoms with van der Waals surface area (Å²) in [6, 6.07) is 3.54. The lowest BCUT2D eigenvalue weighted by Gasteiger charge is -2.35. The first-order chi connectivity index (χ1) is 17.3. The van der Waals surface area contributed by atoms with Gasteiger partial charge in [-0.25, -0.2) is 18.7 Å². The van der Waals surface area contributed by atoms with Gasteiger partial charge >= 0.3 is 0 Å². The fourth-order valence-corrected chi connectivity index (χ4v) is 4.59. The minimum atomic E-state index is -0.687. The minimum absolute atomic E-state index is 0.0758. The molecule has 8 nitrogen and oxygen atoms in total. The van der Waals surface area contributed by atoms with Gasteiger partial charge in [-0.15, -0.1) is 0 Å². The Morgan fingerprint density at radius 2 is 1.94 bits per heavy atom. The number of halogens is 2. The Kier molecular flexibility index (Phi) is 8.56. The number of nitrogens with zero attached hydrogens (tertiary/aromatic N) is 4. The molecule has 2 aliphatic heterocycles. The van der Waals surface area contributed by atoms with Crippen LogP contribution in [0.2, 0.25) is 0 Å². The van der Waals surface area contributed by atoms with Crippen LogP contribution in [0.5, 0.6) is 5.75 Å². The number of hydrogen-bond acceptors (Lipinski definition) is 7. The van der Waals surface area contributed by atoms with E-state index in [0.29, 0.717) is 70.7 Å². The summed E-state index contributed by atoms with van der Waals surface area (Å²) in [5.41, 5.74) is 1.75. The third kappa shape index (κ3) is 6.40. The molecule has 0 spiro atoms. The van der Waals surface area contributed by atoms with Gasteiger partial charge in [-0.2, -0.15) is 0 Å². The summed E-state index contributed by atoms with van der Waals surface area (Å²) in [6.07, 6.45) is 3.03. The van der Waals surface area contributed by atoms with E-state index >= 15 is 0 Å². The number of methoxy groups -OCH3 is 1. The number of carbonyl (C=O) groups excluding carboxylic acids is 1. The number of rotatable bonds is 9. The lowest BCUT2D eigenvalue weighted by Crippen LogP contribution is -2.41. The smallest absolute Gasteiger partial charge is 0.223 e. The largest absolute Gasteiger partial charge is 0.487 e. The maximum atomic E-state index is 14.0. The summed E-state index contributed by atoms with van der Waals surface area (Å²) in [7, 11) is 1.64. The lowest BCUT2D eigenvalue weighted by molar-refractivity contribution is -0.132. The third-order valence-electron chi connectivity index (χ3n) is 6.44. The van der Waals surface area contributed by atoms with Crippen LogP contribution in [0.25, 0.3) is 0 Å². The molecule has 2 aliphatic rings. The Balaban J connectivity index is 1.44. The lowest BCUT2D eigenvalue weighted by atomic mass is 10.1. The van der Waals surface area contributed by atoms with Crippen LogP contribution in [0.1, 0.15) is 50.9 Å². The molecule has 36 heavy (non-hydrogen) atoms. The molecule has 1 N–H and O–H groups in total. The van der Waals surface area contributed by atoms with Gasteiger partial charge in [0.05, 0.1) is 17.9 Å². The Labute approximate surface area is 211 Å². The van der Waals surface area contributed by atoms with E-state index in [1.54, 1.807) is 7.11 Å². The fourth-order valence-electron chi connectivity index (χ4n) is 4.59. The van der Waals surface area contributed by atoms with Gasteiger partial charge in [-0.1, -0.05) is 0 Å². The van der Waals surface area contributed by atoms with Gasteiger partial charge in [-0.05, 0) is 32.4 Å². The van der Waals surface area contributed by atoms with Crippen LogP contribution in [-0.2, 0) is 22.5 Å². The highest BCUT2D eigenvalue weighted by molar-refractivity contribution is 5.76. The molecule has 0 radical (unpaired) electrons. The molecule has 0 unspecified atom stereocenters. The van der Waals surface area contributed by atoms with Crippen LogP contribution >= 0.6 is 0 Å². The number of fused-ring (bicyclic) bond motifs is 1. The van der Waals surface area contributed by atoms with Crippen molar-refractivity contribution >= 4 is 17.5 Å². The Hall–Kier alpha value is -3.01. The fraction of sp³-hybridized carbons (Fsp3) is 0.577. The van der Waals surface area contributed by atoms with Crippen molar-refractivity contribution in [3.8, 4) is 5.75 Å². The molecule has 1 amide bonds. The van der Waals surface area contributed by atoms with Crippen LogP contribution in [0.15, 0.2) is 18.2 Å². The first-order valence-electron chi connectivity index (χ1n) is 12.6. The van der Waals surface area contributed by atoms with Gasteiger partial charge in [0, 0.05) is 71.1 Å². The van der Waals surface area contributed by atoms with Crippen LogP contribution in [0.3, 0.4) is 0 Å². The zero-order valence-electron chi connectivity index (χ0n) is 21.2. The SMILES string of the molecule is COCCCC(=O)N1CCc2nc(N3CCC(Oc4ccc(F)cc4F)CC3)c(NC(C)C)nc2C1. The van der Waals surface area contributed by atoms with E-state index in [2.05, 4.69) is 10.2 Å². The van der Waals surface area contributed by atoms with E-state index in [0.717, 1.165) is 23.3 Å². The maximum absolute atomic E-state index is 14.0. The highest BCUT2D eigenvalue weighted by Crippen LogP contribution is 2.31. The zero-order chi connectivity index (χ0) is 25.7. The molecule has 1 fully saturated rings. The minimum Gasteiger partial charge on any atom is -0.487 e. The second-order valence-electron chi connectivity index (χ2n) is 9.63. The van der Waals surface area contributed by atoms with E-state index in [1.165, 1.54) is 12.1 Å². The molecular weight excluding hydrogens is 468 g/mol. The monoisotopic (exact) mass is 503 g/mol. The molecule has 0 bridgehead atoms. The first kappa shape index (κ1) is 26.1. The molecule has 10 heteroatoms. The Morgan fingerprint density at radius 3 is 2.64 bits per heavy atom. The highest BCUT2D eigenvalue weighted by Gasteiger charge is 2.29. The van der Waals surface area contributed by atoms with Crippen molar-refractivity contribution in [2.75, 3.05) is 43.6 Å². The van der Waals surface area contributed by atoms with Gasteiger partial charge in [-0.3, -0.25) is 4.79 Å². The molecule has 196 valence electrons. The third-order valence-corrected chi connectivity index (χ3v) is 6.44. The second kappa shape index (κ2) is 11.8. The average Bonchev–Trinajstić information content (AvgIpc) is 2.85. The van der Waals surface area contributed by atoms with E-state index in [4.69, 9.17) is 19.4 Å².